The van der Waals surface area contributed by atoms with Gasteiger partial charge in [0.1, 0.15) is 0 Å². The summed E-state index contributed by atoms with van der Waals surface area (Å²) in [6, 6.07) is 11.5. The molecule has 25 heavy (non-hydrogen) atoms. The number of benzene rings is 1. The van der Waals surface area contributed by atoms with Crippen molar-refractivity contribution in [2.45, 2.75) is 57.8 Å². The monoisotopic (exact) mass is 352 g/mol. The molecule has 0 radical (unpaired) electrons. The molecule has 1 amide bonds. The molecule has 4 heteroatoms. The van der Waals surface area contributed by atoms with Crippen LogP contribution in [0.3, 0.4) is 0 Å². The summed E-state index contributed by atoms with van der Waals surface area (Å²) in [6.45, 7) is 3.70. The molecule has 1 aliphatic carbocycles. The largest absolute Gasteiger partial charge is 0.333 e. The topological polar surface area (TPSA) is 23.6 Å². The summed E-state index contributed by atoms with van der Waals surface area (Å²) >= 11 is 1.73. The average Bonchev–Trinajstić information content (AvgIpc) is 3.36. The molecule has 1 saturated carbocycles. The molecule has 3 aliphatic rings. The number of fused-ring (bicyclic) bond motifs is 2. The van der Waals surface area contributed by atoms with E-state index in [0.717, 1.165) is 43.5 Å². The Morgan fingerprint density at radius 2 is 1.80 bits per heavy atom. The van der Waals surface area contributed by atoms with Gasteiger partial charge >= 0.3 is 0 Å². The molecule has 130 valence electrons. The predicted octanol–water partition coefficient (Wildman–Crippen LogP) is 4.20. The van der Waals surface area contributed by atoms with Crippen LogP contribution < -0.4 is 0 Å². The summed E-state index contributed by atoms with van der Waals surface area (Å²) in [7, 11) is 0. The molecule has 1 fully saturated rings. The SMILES string of the molecule is O=C(c1cc2c(s1)CN(C1CCCC1)C2)N1CCc2ccccc2C1. The second-order valence-corrected chi connectivity index (χ2v) is 8.78. The first-order valence-electron chi connectivity index (χ1n) is 9.49. The number of carbonyl (C=O) groups is 1. The maximum Gasteiger partial charge on any atom is 0.264 e. The molecule has 1 aromatic heterocycles. The summed E-state index contributed by atoms with van der Waals surface area (Å²) in [5.41, 5.74) is 4.10. The van der Waals surface area contributed by atoms with Crippen molar-refractivity contribution in [2.24, 2.45) is 0 Å². The van der Waals surface area contributed by atoms with Crippen molar-refractivity contribution < 1.29 is 4.79 Å². The van der Waals surface area contributed by atoms with Crippen molar-refractivity contribution in [3.63, 3.8) is 0 Å². The van der Waals surface area contributed by atoms with Gasteiger partial charge in [0.2, 0.25) is 0 Å². The number of hydrogen-bond acceptors (Lipinski definition) is 3. The summed E-state index contributed by atoms with van der Waals surface area (Å²) < 4.78 is 0. The van der Waals surface area contributed by atoms with Crippen molar-refractivity contribution >= 4 is 17.2 Å². The zero-order valence-electron chi connectivity index (χ0n) is 14.5. The summed E-state index contributed by atoms with van der Waals surface area (Å²) in [5.74, 6) is 0.223. The highest BCUT2D eigenvalue weighted by molar-refractivity contribution is 7.14. The number of rotatable bonds is 2. The lowest BCUT2D eigenvalue weighted by Crippen LogP contribution is -2.35. The molecule has 3 heterocycles. The molecule has 5 rings (SSSR count). The zero-order chi connectivity index (χ0) is 16.8. The van der Waals surface area contributed by atoms with Gasteiger partial charge in [0.05, 0.1) is 4.88 Å². The van der Waals surface area contributed by atoms with E-state index in [1.807, 2.05) is 4.90 Å². The lowest BCUT2D eigenvalue weighted by molar-refractivity contribution is 0.0739. The van der Waals surface area contributed by atoms with Crippen LogP contribution in [0.15, 0.2) is 30.3 Å². The molecule has 0 bridgehead atoms. The Morgan fingerprint density at radius 1 is 1.00 bits per heavy atom. The quantitative estimate of drug-likeness (QED) is 0.808. The molecular weight excluding hydrogens is 328 g/mol. The van der Waals surface area contributed by atoms with Crippen LogP contribution in [0.25, 0.3) is 0 Å². The summed E-state index contributed by atoms with van der Waals surface area (Å²) in [5, 5.41) is 0. The highest BCUT2D eigenvalue weighted by Crippen LogP contribution is 2.36. The molecule has 0 unspecified atom stereocenters. The van der Waals surface area contributed by atoms with Gasteiger partial charge in [-0.1, -0.05) is 37.1 Å². The van der Waals surface area contributed by atoms with Crippen LogP contribution in [-0.2, 0) is 26.1 Å². The van der Waals surface area contributed by atoms with Gasteiger partial charge in [0.15, 0.2) is 0 Å². The van der Waals surface area contributed by atoms with Crippen LogP contribution in [0, 0.1) is 0 Å². The van der Waals surface area contributed by atoms with Gasteiger partial charge < -0.3 is 4.90 Å². The van der Waals surface area contributed by atoms with E-state index in [4.69, 9.17) is 0 Å². The van der Waals surface area contributed by atoms with Crippen LogP contribution in [0.2, 0.25) is 0 Å². The van der Waals surface area contributed by atoms with Crippen LogP contribution >= 0.6 is 11.3 Å². The Balaban J connectivity index is 1.30. The van der Waals surface area contributed by atoms with Crippen molar-refractivity contribution in [3.8, 4) is 0 Å². The van der Waals surface area contributed by atoms with Gasteiger partial charge in [-0.05, 0) is 42.0 Å². The van der Waals surface area contributed by atoms with E-state index < -0.39 is 0 Å². The van der Waals surface area contributed by atoms with Crippen LogP contribution in [0.4, 0.5) is 0 Å². The Hall–Kier alpha value is -1.65. The third-order valence-electron chi connectivity index (χ3n) is 6.09. The number of carbonyl (C=O) groups excluding carboxylic acids is 1. The second kappa shape index (κ2) is 6.26. The molecule has 3 nitrogen and oxygen atoms in total. The van der Waals surface area contributed by atoms with E-state index in [2.05, 4.69) is 35.2 Å². The van der Waals surface area contributed by atoms with E-state index >= 15 is 0 Å². The van der Waals surface area contributed by atoms with Gasteiger partial charge in [-0.25, -0.2) is 0 Å². The fourth-order valence-corrected chi connectivity index (χ4v) is 5.82. The minimum atomic E-state index is 0.223. The molecule has 0 spiro atoms. The van der Waals surface area contributed by atoms with Crippen LogP contribution in [-0.4, -0.2) is 28.3 Å². The van der Waals surface area contributed by atoms with Gasteiger partial charge in [0.25, 0.3) is 5.91 Å². The number of hydrogen-bond donors (Lipinski definition) is 0. The van der Waals surface area contributed by atoms with Gasteiger partial charge in [-0.2, -0.15) is 0 Å². The molecule has 0 saturated heterocycles. The first-order valence-corrected chi connectivity index (χ1v) is 10.3. The Labute approximate surface area is 153 Å². The Bertz CT molecular complexity index is 782. The highest BCUT2D eigenvalue weighted by Gasteiger charge is 2.31. The van der Waals surface area contributed by atoms with E-state index in [1.54, 1.807) is 11.3 Å². The molecule has 2 aliphatic heterocycles. The lowest BCUT2D eigenvalue weighted by atomic mass is 10.00. The van der Waals surface area contributed by atoms with Crippen LogP contribution in [0.5, 0.6) is 0 Å². The molecule has 0 N–H and O–H groups in total. The fourth-order valence-electron chi connectivity index (χ4n) is 4.65. The van der Waals surface area contributed by atoms with Gasteiger partial charge in [-0.3, -0.25) is 9.69 Å². The van der Waals surface area contributed by atoms with Crippen molar-refractivity contribution in [1.82, 2.24) is 9.80 Å². The molecule has 0 atom stereocenters. The van der Waals surface area contributed by atoms with E-state index in [0.29, 0.717) is 0 Å². The van der Waals surface area contributed by atoms with Gasteiger partial charge in [0, 0.05) is 37.1 Å². The minimum Gasteiger partial charge on any atom is -0.333 e. The second-order valence-electron chi connectivity index (χ2n) is 7.65. The standard InChI is InChI=1S/C21H24N2OS/c24-21(22-10-9-15-5-1-2-6-16(15)12-22)19-11-17-13-23(14-20(17)25-19)18-7-3-4-8-18/h1-2,5-6,11,18H,3-4,7-10,12-14H2. The van der Waals surface area contributed by atoms with Gasteiger partial charge in [-0.15, -0.1) is 11.3 Å². The third kappa shape index (κ3) is 2.81. The maximum absolute atomic E-state index is 13.0. The van der Waals surface area contributed by atoms with Crippen molar-refractivity contribution in [1.29, 1.82) is 0 Å². The Kier molecular flexibility index (Phi) is 3.90. The number of nitrogens with zero attached hydrogens (tertiary/aromatic N) is 2. The highest BCUT2D eigenvalue weighted by atomic mass is 32.1. The van der Waals surface area contributed by atoms with Crippen molar-refractivity contribution in [2.75, 3.05) is 6.54 Å². The minimum absolute atomic E-state index is 0.223. The van der Waals surface area contributed by atoms with Crippen LogP contribution in [0.1, 0.15) is 56.9 Å². The maximum atomic E-state index is 13.0. The lowest BCUT2D eigenvalue weighted by Gasteiger charge is -2.28. The summed E-state index contributed by atoms with van der Waals surface area (Å²) in [6.07, 6.45) is 6.45. The van der Waals surface area contributed by atoms with E-state index in [-0.39, 0.29) is 5.91 Å². The third-order valence-corrected chi connectivity index (χ3v) is 7.24. The summed E-state index contributed by atoms with van der Waals surface area (Å²) in [4.78, 5) is 20.0. The predicted molar refractivity (Wildman–Crippen MR) is 101 cm³/mol. The van der Waals surface area contributed by atoms with E-state index in [9.17, 15) is 4.79 Å². The normalized spacial score (nSPS) is 20.7. The average molecular weight is 353 g/mol. The smallest absolute Gasteiger partial charge is 0.264 e. The van der Waals surface area contributed by atoms with E-state index in [1.165, 1.54) is 47.3 Å². The zero-order valence-corrected chi connectivity index (χ0v) is 15.4. The fraction of sp³-hybridized carbons (Fsp3) is 0.476. The van der Waals surface area contributed by atoms with Crippen molar-refractivity contribution in [3.05, 3.63) is 56.8 Å². The molecular formula is C21H24N2OS. The first kappa shape index (κ1) is 15.6. The Morgan fingerprint density at radius 3 is 2.60 bits per heavy atom. The molecule has 2 aromatic rings. The number of amides is 1. The number of thiophene rings is 1. The first-order chi connectivity index (χ1) is 12.3. The molecule has 1 aromatic carbocycles.